The van der Waals surface area contributed by atoms with Crippen LogP contribution in [0.25, 0.3) is 0 Å². The highest BCUT2D eigenvalue weighted by molar-refractivity contribution is 9.10. The zero-order valence-corrected chi connectivity index (χ0v) is 13.4. The predicted octanol–water partition coefficient (Wildman–Crippen LogP) is 3.94. The van der Waals surface area contributed by atoms with Gasteiger partial charge in [-0.2, -0.15) is 0 Å². The molecule has 1 aromatic carbocycles. The molecule has 0 aliphatic rings. The van der Waals surface area contributed by atoms with Crippen LogP contribution in [0.3, 0.4) is 0 Å². The summed E-state index contributed by atoms with van der Waals surface area (Å²) in [4.78, 5) is 4.27. The highest BCUT2D eigenvalue weighted by atomic mass is 79.9. The lowest BCUT2D eigenvalue weighted by molar-refractivity contribution is 0.403. The second-order valence-corrected chi connectivity index (χ2v) is 5.48. The third-order valence-corrected chi connectivity index (χ3v) is 3.54. The summed E-state index contributed by atoms with van der Waals surface area (Å²) in [5, 5.41) is 3.56. The fourth-order valence-electron chi connectivity index (χ4n) is 2.19. The first-order valence-electron chi connectivity index (χ1n) is 6.73. The Morgan fingerprint density at radius 3 is 2.80 bits per heavy atom. The van der Waals surface area contributed by atoms with Crippen molar-refractivity contribution in [3.8, 4) is 5.75 Å². The average Bonchev–Trinajstić information content (AvgIpc) is 2.48. The molecule has 2 aromatic rings. The fourth-order valence-corrected chi connectivity index (χ4v) is 2.57. The van der Waals surface area contributed by atoms with Gasteiger partial charge in [-0.3, -0.25) is 4.98 Å². The standard InChI is InChI=1S/C16H19BrN2O/c1-3-8-19-16(12-9-13(17)11-18-10-12)14-6-4-5-7-15(14)20-2/h4-7,9-11,16,19H,3,8H2,1-2H3. The molecular formula is C16H19BrN2O. The molecule has 0 amide bonds. The van der Waals surface area contributed by atoms with Crippen molar-refractivity contribution in [2.24, 2.45) is 0 Å². The summed E-state index contributed by atoms with van der Waals surface area (Å²) < 4.78 is 6.47. The molecule has 0 aliphatic carbocycles. The maximum atomic E-state index is 5.49. The number of methoxy groups -OCH3 is 1. The van der Waals surface area contributed by atoms with Crippen LogP contribution < -0.4 is 10.1 Å². The van der Waals surface area contributed by atoms with Crippen LogP contribution >= 0.6 is 15.9 Å². The normalized spacial score (nSPS) is 12.2. The molecule has 1 atom stereocenters. The predicted molar refractivity (Wildman–Crippen MR) is 85.1 cm³/mol. The molecule has 0 saturated heterocycles. The Kier molecular flexibility index (Phi) is 5.56. The minimum absolute atomic E-state index is 0.0797. The summed E-state index contributed by atoms with van der Waals surface area (Å²) >= 11 is 3.49. The quantitative estimate of drug-likeness (QED) is 0.868. The van der Waals surface area contributed by atoms with E-state index in [0.717, 1.165) is 34.3 Å². The molecule has 1 heterocycles. The molecule has 0 spiro atoms. The van der Waals surface area contributed by atoms with E-state index in [1.54, 1.807) is 13.3 Å². The third kappa shape index (κ3) is 3.58. The maximum absolute atomic E-state index is 5.49. The lowest BCUT2D eigenvalue weighted by Crippen LogP contribution is -2.23. The Hall–Kier alpha value is -1.39. The van der Waals surface area contributed by atoms with Gasteiger partial charge in [-0.1, -0.05) is 25.1 Å². The van der Waals surface area contributed by atoms with Gasteiger partial charge in [-0.25, -0.2) is 0 Å². The van der Waals surface area contributed by atoms with E-state index in [1.807, 2.05) is 24.4 Å². The Morgan fingerprint density at radius 2 is 2.10 bits per heavy atom. The van der Waals surface area contributed by atoms with Gasteiger partial charge in [0.2, 0.25) is 0 Å². The van der Waals surface area contributed by atoms with Gasteiger partial charge in [0, 0.05) is 22.4 Å². The molecule has 3 nitrogen and oxygen atoms in total. The summed E-state index contributed by atoms with van der Waals surface area (Å²) in [7, 11) is 1.70. The Balaban J connectivity index is 2.41. The summed E-state index contributed by atoms with van der Waals surface area (Å²) in [5.74, 6) is 0.890. The van der Waals surface area contributed by atoms with E-state index in [0.29, 0.717) is 0 Å². The number of ether oxygens (including phenoxy) is 1. The number of benzene rings is 1. The summed E-state index contributed by atoms with van der Waals surface area (Å²) in [5.41, 5.74) is 2.25. The van der Waals surface area contributed by atoms with Gasteiger partial charge < -0.3 is 10.1 Å². The van der Waals surface area contributed by atoms with Crippen LogP contribution in [0.5, 0.6) is 5.75 Å². The molecule has 0 bridgehead atoms. The van der Waals surface area contributed by atoms with Crippen LogP contribution in [0, 0.1) is 0 Å². The van der Waals surface area contributed by atoms with Crippen molar-refractivity contribution in [3.63, 3.8) is 0 Å². The molecule has 106 valence electrons. The van der Waals surface area contributed by atoms with Gasteiger partial charge >= 0.3 is 0 Å². The van der Waals surface area contributed by atoms with Crippen molar-refractivity contribution in [3.05, 3.63) is 58.3 Å². The van der Waals surface area contributed by atoms with Crippen molar-refractivity contribution in [2.75, 3.05) is 13.7 Å². The van der Waals surface area contributed by atoms with Gasteiger partial charge in [0.05, 0.1) is 13.2 Å². The van der Waals surface area contributed by atoms with Crippen molar-refractivity contribution in [1.82, 2.24) is 10.3 Å². The summed E-state index contributed by atoms with van der Waals surface area (Å²) in [6.07, 6.45) is 4.76. The number of halogens is 1. The number of rotatable bonds is 6. The molecule has 0 fully saturated rings. The minimum atomic E-state index is 0.0797. The molecular weight excluding hydrogens is 316 g/mol. The van der Waals surface area contributed by atoms with E-state index < -0.39 is 0 Å². The Morgan fingerprint density at radius 1 is 1.30 bits per heavy atom. The van der Waals surface area contributed by atoms with Crippen LogP contribution in [0.2, 0.25) is 0 Å². The van der Waals surface area contributed by atoms with Crippen LogP contribution in [0.4, 0.5) is 0 Å². The zero-order valence-electron chi connectivity index (χ0n) is 11.8. The minimum Gasteiger partial charge on any atom is -0.496 e. The number of pyridine rings is 1. The molecule has 0 saturated carbocycles. The van der Waals surface area contributed by atoms with Crippen molar-refractivity contribution in [1.29, 1.82) is 0 Å². The van der Waals surface area contributed by atoms with E-state index >= 15 is 0 Å². The molecule has 0 aliphatic heterocycles. The monoisotopic (exact) mass is 334 g/mol. The van der Waals surface area contributed by atoms with Gasteiger partial charge in [0.25, 0.3) is 0 Å². The second kappa shape index (κ2) is 7.41. The fraction of sp³-hybridized carbons (Fsp3) is 0.312. The van der Waals surface area contributed by atoms with Crippen LogP contribution in [0.15, 0.2) is 47.2 Å². The largest absolute Gasteiger partial charge is 0.496 e. The van der Waals surface area contributed by atoms with E-state index in [4.69, 9.17) is 4.74 Å². The first kappa shape index (κ1) is 15.0. The molecule has 2 rings (SSSR count). The molecule has 0 radical (unpaired) electrons. The third-order valence-electron chi connectivity index (χ3n) is 3.11. The van der Waals surface area contributed by atoms with Crippen molar-refractivity contribution >= 4 is 15.9 Å². The van der Waals surface area contributed by atoms with Gasteiger partial charge in [0.1, 0.15) is 5.75 Å². The number of nitrogens with one attached hydrogen (secondary N) is 1. The highest BCUT2D eigenvalue weighted by Crippen LogP contribution is 2.30. The van der Waals surface area contributed by atoms with E-state index in [1.165, 1.54) is 0 Å². The Bertz CT molecular complexity index is 560. The molecule has 4 heteroatoms. The number of para-hydroxylation sites is 1. The SMILES string of the molecule is CCCNC(c1cncc(Br)c1)c1ccccc1OC. The average molecular weight is 335 g/mol. The van der Waals surface area contributed by atoms with Crippen molar-refractivity contribution < 1.29 is 4.74 Å². The number of nitrogens with zero attached hydrogens (tertiary/aromatic N) is 1. The number of aromatic nitrogens is 1. The van der Waals surface area contributed by atoms with Gasteiger partial charge in [0.15, 0.2) is 0 Å². The van der Waals surface area contributed by atoms with E-state index in [2.05, 4.69) is 45.3 Å². The smallest absolute Gasteiger partial charge is 0.123 e. The Labute approximate surface area is 128 Å². The van der Waals surface area contributed by atoms with Gasteiger partial charge in [-0.05, 0) is 46.6 Å². The zero-order chi connectivity index (χ0) is 14.4. The van der Waals surface area contributed by atoms with Crippen LogP contribution in [-0.4, -0.2) is 18.6 Å². The van der Waals surface area contributed by atoms with Gasteiger partial charge in [-0.15, -0.1) is 0 Å². The molecule has 1 unspecified atom stereocenters. The lowest BCUT2D eigenvalue weighted by atomic mass is 9.99. The topological polar surface area (TPSA) is 34.2 Å². The summed E-state index contributed by atoms with van der Waals surface area (Å²) in [6.45, 7) is 3.10. The van der Waals surface area contributed by atoms with E-state index in [-0.39, 0.29) is 6.04 Å². The molecule has 1 N–H and O–H groups in total. The first-order chi connectivity index (χ1) is 9.76. The number of hydrogen-bond donors (Lipinski definition) is 1. The highest BCUT2D eigenvalue weighted by Gasteiger charge is 2.17. The van der Waals surface area contributed by atoms with Crippen molar-refractivity contribution in [2.45, 2.75) is 19.4 Å². The molecule has 1 aromatic heterocycles. The van der Waals surface area contributed by atoms with Crippen LogP contribution in [0.1, 0.15) is 30.5 Å². The number of hydrogen-bond acceptors (Lipinski definition) is 3. The van der Waals surface area contributed by atoms with E-state index in [9.17, 15) is 0 Å². The van der Waals surface area contributed by atoms with Crippen LogP contribution in [-0.2, 0) is 0 Å². The first-order valence-corrected chi connectivity index (χ1v) is 7.52. The maximum Gasteiger partial charge on any atom is 0.123 e. The lowest BCUT2D eigenvalue weighted by Gasteiger charge is -2.21. The summed E-state index contributed by atoms with van der Waals surface area (Å²) in [6, 6.07) is 10.3. The second-order valence-electron chi connectivity index (χ2n) is 4.57. The molecule has 20 heavy (non-hydrogen) atoms.